The van der Waals surface area contributed by atoms with E-state index in [4.69, 9.17) is 0 Å². The Hall–Kier alpha value is -0.340. The Morgan fingerprint density at radius 2 is 1.85 bits per heavy atom. The monoisotopic (exact) mass is 337 g/mol. The third-order valence-electron chi connectivity index (χ3n) is 4.72. The Balaban J connectivity index is 1.69. The minimum atomic E-state index is 0.495. The SMILES string of the molecule is CC(C)(C)C1CCC(CNCc2cccc(Br)c2)CC1. The van der Waals surface area contributed by atoms with E-state index >= 15 is 0 Å². The largest absolute Gasteiger partial charge is 0.312 e. The van der Waals surface area contributed by atoms with Gasteiger partial charge in [-0.05, 0) is 67.2 Å². The molecule has 0 heterocycles. The summed E-state index contributed by atoms with van der Waals surface area (Å²) in [6.07, 6.45) is 5.61. The van der Waals surface area contributed by atoms with Crippen molar-refractivity contribution in [2.45, 2.75) is 53.0 Å². The predicted molar refractivity (Wildman–Crippen MR) is 90.8 cm³/mol. The summed E-state index contributed by atoms with van der Waals surface area (Å²) in [4.78, 5) is 0. The van der Waals surface area contributed by atoms with Gasteiger partial charge in [-0.15, -0.1) is 0 Å². The first-order valence-electron chi connectivity index (χ1n) is 7.90. The molecule has 1 nitrogen and oxygen atoms in total. The number of hydrogen-bond acceptors (Lipinski definition) is 1. The minimum absolute atomic E-state index is 0.495. The number of nitrogens with one attached hydrogen (secondary N) is 1. The van der Waals surface area contributed by atoms with Crippen LogP contribution in [-0.2, 0) is 6.54 Å². The summed E-state index contributed by atoms with van der Waals surface area (Å²) in [5.41, 5.74) is 1.86. The van der Waals surface area contributed by atoms with E-state index in [1.807, 2.05) is 0 Å². The summed E-state index contributed by atoms with van der Waals surface area (Å²) < 4.78 is 1.17. The molecule has 0 amide bonds. The molecule has 1 aromatic carbocycles. The van der Waals surface area contributed by atoms with E-state index < -0.39 is 0 Å². The van der Waals surface area contributed by atoms with E-state index in [2.05, 4.69) is 66.3 Å². The summed E-state index contributed by atoms with van der Waals surface area (Å²) in [6, 6.07) is 8.57. The molecule has 1 fully saturated rings. The van der Waals surface area contributed by atoms with Crippen molar-refractivity contribution in [3.05, 3.63) is 34.3 Å². The van der Waals surface area contributed by atoms with Crippen LogP contribution in [0, 0.1) is 17.3 Å². The van der Waals surface area contributed by atoms with E-state index in [-0.39, 0.29) is 0 Å². The quantitative estimate of drug-likeness (QED) is 0.776. The first kappa shape index (κ1) is 16.0. The number of halogens is 1. The van der Waals surface area contributed by atoms with E-state index in [0.717, 1.165) is 18.4 Å². The third kappa shape index (κ3) is 4.89. The standard InChI is InChI=1S/C18H28BrN/c1-18(2,3)16-9-7-14(8-10-16)12-20-13-15-5-4-6-17(19)11-15/h4-6,11,14,16,20H,7-10,12-13H2,1-3H3. The van der Waals surface area contributed by atoms with Gasteiger partial charge in [0.05, 0.1) is 0 Å². The van der Waals surface area contributed by atoms with Gasteiger partial charge in [0, 0.05) is 11.0 Å². The second-order valence-electron chi connectivity index (χ2n) is 7.34. The molecule has 0 radical (unpaired) electrons. The lowest BCUT2D eigenvalue weighted by atomic mass is 9.70. The molecule has 1 aliphatic rings. The Morgan fingerprint density at radius 1 is 1.15 bits per heavy atom. The zero-order chi connectivity index (χ0) is 14.6. The van der Waals surface area contributed by atoms with Crippen LogP contribution in [0.3, 0.4) is 0 Å². The Labute approximate surface area is 132 Å². The number of rotatable bonds is 4. The molecule has 1 aromatic rings. The highest BCUT2D eigenvalue weighted by Gasteiger charge is 2.29. The maximum atomic E-state index is 3.63. The lowest BCUT2D eigenvalue weighted by molar-refractivity contribution is 0.149. The van der Waals surface area contributed by atoms with Crippen LogP contribution in [-0.4, -0.2) is 6.54 Å². The fourth-order valence-electron chi connectivity index (χ4n) is 3.30. The Kier molecular flexibility index (Phi) is 5.68. The highest BCUT2D eigenvalue weighted by molar-refractivity contribution is 9.10. The Bertz CT molecular complexity index is 414. The van der Waals surface area contributed by atoms with Gasteiger partial charge in [-0.3, -0.25) is 0 Å². The molecule has 1 aliphatic carbocycles. The molecule has 0 saturated heterocycles. The normalized spacial score (nSPS) is 23.8. The van der Waals surface area contributed by atoms with Crippen molar-refractivity contribution in [2.75, 3.05) is 6.54 Å². The molecule has 112 valence electrons. The fourth-order valence-corrected chi connectivity index (χ4v) is 3.75. The second kappa shape index (κ2) is 7.09. The first-order chi connectivity index (χ1) is 9.45. The molecule has 0 atom stereocenters. The number of hydrogen-bond donors (Lipinski definition) is 1. The first-order valence-corrected chi connectivity index (χ1v) is 8.69. The summed E-state index contributed by atoms with van der Waals surface area (Å²) >= 11 is 3.53. The van der Waals surface area contributed by atoms with Crippen molar-refractivity contribution in [1.29, 1.82) is 0 Å². The predicted octanol–water partition coefficient (Wildman–Crippen LogP) is 5.39. The molecule has 0 spiro atoms. The van der Waals surface area contributed by atoms with Gasteiger partial charge in [0.25, 0.3) is 0 Å². The van der Waals surface area contributed by atoms with E-state index in [9.17, 15) is 0 Å². The van der Waals surface area contributed by atoms with Crippen molar-refractivity contribution in [2.24, 2.45) is 17.3 Å². The Morgan fingerprint density at radius 3 is 2.45 bits per heavy atom. The molecule has 1 saturated carbocycles. The molecular formula is C18H28BrN. The van der Waals surface area contributed by atoms with Crippen LogP contribution < -0.4 is 5.32 Å². The van der Waals surface area contributed by atoms with Crippen LogP contribution in [0.1, 0.15) is 52.0 Å². The highest BCUT2D eigenvalue weighted by Crippen LogP contribution is 2.39. The van der Waals surface area contributed by atoms with Gasteiger partial charge in [0.1, 0.15) is 0 Å². The smallest absolute Gasteiger partial charge is 0.0206 e. The van der Waals surface area contributed by atoms with Gasteiger partial charge in [0.2, 0.25) is 0 Å². The second-order valence-corrected chi connectivity index (χ2v) is 8.26. The molecule has 0 aromatic heterocycles. The molecule has 0 aliphatic heterocycles. The van der Waals surface area contributed by atoms with E-state index in [1.54, 1.807) is 0 Å². The van der Waals surface area contributed by atoms with Gasteiger partial charge >= 0.3 is 0 Å². The fraction of sp³-hybridized carbons (Fsp3) is 0.667. The van der Waals surface area contributed by atoms with Crippen molar-refractivity contribution in [1.82, 2.24) is 5.32 Å². The van der Waals surface area contributed by atoms with Gasteiger partial charge in [-0.25, -0.2) is 0 Å². The van der Waals surface area contributed by atoms with Crippen LogP contribution in [0.4, 0.5) is 0 Å². The van der Waals surface area contributed by atoms with Crippen LogP contribution in [0.2, 0.25) is 0 Å². The molecule has 2 heteroatoms. The molecule has 0 unspecified atom stereocenters. The average molecular weight is 338 g/mol. The highest BCUT2D eigenvalue weighted by atomic mass is 79.9. The maximum absolute atomic E-state index is 3.63. The lowest BCUT2D eigenvalue weighted by Crippen LogP contribution is -2.30. The molecule has 1 N–H and O–H groups in total. The van der Waals surface area contributed by atoms with Crippen LogP contribution >= 0.6 is 15.9 Å². The summed E-state index contributed by atoms with van der Waals surface area (Å²) in [6.45, 7) is 9.33. The van der Waals surface area contributed by atoms with Crippen molar-refractivity contribution in [3.63, 3.8) is 0 Å². The summed E-state index contributed by atoms with van der Waals surface area (Å²) in [5.74, 6) is 1.80. The minimum Gasteiger partial charge on any atom is -0.312 e. The van der Waals surface area contributed by atoms with Crippen LogP contribution in [0.25, 0.3) is 0 Å². The van der Waals surface area contributed by atoms with Crippen molar-refractivity contribution < 1.29 is 0 Å². The summed E-state index contributed by atoms with van der Waals surface area (Å²) in [5, 5.41) is 3.63. The average Bonchev–Trinajstić information content (AvgIpc) is 2.38. The van der Waals surface area contributed by atoms with Crippen molar-refractivity contribution >= 4 is 15.9 Å². The zero-order valence-corrected chi connectivity index (χ0v) is 14.7. The lowest BCUT2D eigenvalue weighted by Gasteiger charge is -2.37. The molecular weight excluding hydrogens is 310 g/mol. The maximum Gasteiger partial charge on any atom is 0.0206 e. The van der Waals surface area contributed by atoms with E-state index in [1.165, 1.54) is 42.3 Å². The van der Waals surface area contributed by atoms with Crippen LogP contribution in [0.15, 0.2) is 28.7 Å². The van der Waals surface area contributed by atoms with Crippen LogP contribution in [0.5, 0.6) is 0 Å². The summed E-state index contributed by atoms with van der Waals surface area (Å²) in [7, 11) is 0. The third-order valence-corrected chi connectivity index (χ3v) is 5.22. The molecule has 20 heavy (non-hydrogen) atoms. The van der Waals surface area contributed by atoms with Gasteiger partial charge in [-0.1, -0.05) is 48.8 Å². The van der Waals surface area contributed by atoms with E-state index in [0.29, 0.717) is 5.41 Å². The van der Waals surface area contributed by atoms with Gasteiger partial charge < -0.3 is 5.32 Å². The molecule has 0 bridgehead atoms. The zero-order valence-electron chi connectivity index (χ0n) is 13.1. The topological polar surface area (TPSA) is 12.0 Å². The molecule has 2 rings (SSSR count). The number of benzene rings is 1. The van der Waals surface area contributed by atoms with Crippen molar-refractivity contribution in [3.8, 4) is 0 Å². The van der Waals surface area contributed by atoms with Gasteiger partial charge in [-0.2, -0.15) is 0 Å². The van der Waals surface area contributed by atoms with Gasteiger partial charge in [0.15, 0.2) is 0 Å².